The van der Waals surface area contributed by atoms with Gasteiger partial charge in [-0.25, -0.2) is 0 Å². The Hall–Kier alpha value is -1.06. The Morgan fingerprint density at radius 3 is 2.00 bits per heavy atom. The Kier molecular flexibility index (Phi) is 4.29. The average Bonchev–Trinajstić information content (AvgIpc) is 2.19. The van der Waals surface area contributed by atoms with Crippen LogP contribution in [-0.4, -0.2) is 34.8 Å². The third kappa shape index (κ3) is 3.53. The first-order chi connectivity index (χ1) is 8.77. The first-order valence-corrected chi connectivity index (χ1v) is 7.39. The van der Waals surface area contributed by atoms with Crippen LogP contribution in [0.2, 0.25) is 0 Å². The summed E-state index contributed by atoms with van der Waals surface area (Å²) >= 11 is 0. The van der Waals surface area contributed by atoms with E-state index < -0.39 is 11.6 Å². The van der Waals surface area contributed by atoms with Gasteiger partial charge in [-0.05, 0) is 31.1 Å². The van der Waals surface area contributed by atoms with Crippen LogP contribution in [0.25, 0.3) is 0 Å². The molecule has 4 nitrogen and oxygen atoms in total. The van der Waals surface area contributed by atoms with E-state index >= 15 is 0 Å². The van der Waals surface area contributed by atoms with Crippen molar-refractivity contribution in [1.29, 1.82) is 0 Å². The van der Waals surface area contributed by atoms with E-state index in [4.69, 9.17) is 0 Å². The van der Waals surface area contributed by atoms with Gasteiger partial charge in [-0.2, -0.15) is 0 Å². The van der Waals surface area contributed by atoms with Gasteiger partial charge in [-0.1, -0.05) is 41.5 Å². The maximum Gasteiger partial charge on any atom is 0.246 e. The molecule has 0 saturated carbocycles. The van der Waals surface area contributed by atoms with Gasteiger partial charge in [0.25, 0.3) is 0 Å². The van der Waals surface area contributed by atoms with E-state index in [1.807, 2.05) is 34.6 Å². The number of carbonyl (C=O) groups excluding carboxylic acids is 2. The van der Waals surface area contributed by atoms with Crippen LogP contribution < -0.4 is 5.32 Å². The number of hydrogen-bond donors (Lipinski definition) is 1. The van der Waals surface area contributed by atoms with Gasteiger partial charge in [0.05, 0.1) is 0 Å². The molecule has 0 bridgehead atoms. The van der Waals surface area contributed by atoms with Crippen LogP contribution in [0.4, 0.5) is 0 Å². The van der Waals surface area contributed by atoms with Crippen molar-refractivity contribution in [3.63, 3.8) is 0 Å². The van der Waals surface area contributed by atoms with Crippen molar-refractivity contribution >= 4 is 11.8 Å². The molecule has 20 heavy (non-hydrogen) atoms. The van der Waals surface area contributed by atoms with Crippen LogP contribution in [-0.2, 0) is 9.59 Å². The van der Waals surface area contributed by atoms with E-state index in [-0.39, 0.29) is 22.6 Å². The molecule has 1 atom stereocenters. The zero-order valence-corrected chi connectivity index (χ0v) is 14.3. The Balaban J connectivity index is 3.02. The first-order valence-electron chi connectivity index (χ1n) is 7.39. The van der Waals surface area contributed by atoms with E-state index in [9.17, 15) is 9.59 Å². The number of piperazine rings is 1. The summed E-state index contributed by atoms with van der Waals surface area (Å²) in [5, 5.41) is 2.89. The molecule has 1 fully saturated rings. The molecule has 1 rings (SSSR count). The van der Waals surface area contributed by atoms with Crippen molar-refractivity contribution in [2.75, 3.05) is 6.54 Å². The van der Waals surface area contributed by atoms with Crippen LogP contribution in [0, 0.1) is 10.8 Å². The van der Waals surface area contributed by atoms with Gasteiger partial charge >= 0.3 is 0 Å². The zero-order valence-electron chi connectivity index (χ0n) is 14.3. The number of amides is 2. The van der Waals surface area contributed by atoms with Gasteiger partial charge in [-0.3, -0.25) is 9.59 Å². The molecule has 0 aromatic rings. The molecular weight excluding hydrogens is 252 g/mol. The second-order valence-corrected chi connectivity index (χ2v) is 8.63. The second kappa shape index (κ2) is 5.05. The molecule has 4 heteroatoms. The lowest BCUT2D eigenvalue weighted by Crippen LogP contribution is -2.71. The highest BCUT2D eigenvalue weighted by Gasteiger charge is 2.49. The lowest BCUT2D eigenvalue weighted by atomic mass is 9.81. The van der Waals surface area contributed by atoms with Gasteiger partial charge in [0.1, 0.15) is 11.6 Å². The Bertz CT molecular complexity index is 400. The molecule has 0 spiro atoms. The summed E-state index contributed by atoms with van der Waals surface area (Å²) in [6.07, 6.45) is 0.881. The SMILES string of the molecule is CC(C)(C)CCN1C(=O)C(C(C)(C)C)NC(=O)C1(C)C. The van der Waals surface area contributed by atoms with Crippen molar-refractivity contribution in [2.45, 2.75) is 73.4 Å². The average molecular weight is 282 g/mol. The lowest BCUT2D eigenvalue weighted by Gasteiger charge is -2.48. The fourth-order valence-corrected chi connectivity index (χ4v) is 2.35. The minimum absolute atomic E-state index is 0.0337. The molecule has 1 unspecified atom stereocenters. The summed E-state index contributed by atoms with van der Waals surface area (Å²) in [7, 11) is 0. The molecule has 0 radical (unpaired) electrons. The summed E-state index contributed by atoms with van der Waals surface area (Å²) in [6, 6.07) is -0.442. The van der Waals surface area contributed by atoms with Crippen molar-refractivity contribution < 1.29 is 9.59 Å². The zero-order chi connectivity index (χ0) is 15.9. The standard InChI is InChI=1S/C16H30N2O2/c1-14(2,3)9-10-18-12(19)11(15(4,5)6)17-13(20)16(18,7)8/h11H,9-10H2,1-8H3,(H,17,20). The number of rotatable bonds is 2. The van der Waals surface area contributed by atoms with Gasteiger partial charge in [-0.15, -0.1) is 0 Å². The van der Waals surface area contributed by atoms with Crippen LogP contribution in [0.3, 0.4) is 0 Å². The largest absolute Gasteiger partial charge is 0.342 e. The van der Waals surface area contributed by atoms with Crippen LogP contribution in [0.5, 0.6) is 0 Å². The summed E-state index contributed by atoms with van der Waals surface area (Å²) < 4.78 is 0. The summed E-state index contributed by atoms with van der Waals surface area (Å²) in [5.74, 6) is -0.0303. The minimum Gasteiger partial charge on any atom is -0.342 e. The first kappa shape index (κ1) is 17.0. The molecule has 0 aromatic carbocycles. The number of nitrogens with zero attached hydrogens (tertiary/aromatic N) is 1. The van der Waals surface area contributed by atoms with Crippen molar-refractivity contribution in [1.82, 2.24) is 10.2 Å². The quantitative estimate of drug-likeness (QED) is 0.846. The van der Waals surface area contributed by atoms with Gasteiger partial charge in [0.2, 0.25) is 11.8 Å². The van der Waals surface area contributed by atoms with Crippen LogP contribution in [0.1, 0.15) is 61.8 Å². The monoisotopic (exact) mass is 282 g/mol. The molecule has 1 heterocycles. The topological polar surface area (TPSA) is 49.4 Å². The van der Waals surface area contributed by atoms with E-state index in [2.05, 4.69) is 26.1 Å². The van der Waals surface area contributed by atoms with E-state index in [1.54, 1.807) is 4.90 Å². The molecule has 116 valence electrons. The summed E-state index contributed by atoms with van der Waals surface area (Å²) in [5.41, 5.74) is -0.908. The van der Waals surface area contributed by atoms with Gasteiger partial charge in [0, 0.05) is 6.54 Å². The number of hydrogen-bond acceptors (Lipinski definition) is 2. The predicted octanol–water partition coefficient (Wildman–Crippen LogP) is 2.57. The third-order valence-corrected chi connectivity index (χ3v) is 3.97. The molecule has 1 aliphatic heterocycles. The van der Waals surface area contributed by atoms with E-state index in [0.717, 1.165) is 6.42 Å². The Morgan fingerprint density at radius 2 is 1.60 bits per heavy atom. The van der Waals surface area contributed by atoms with E-state index in [1.165, 1.54) is 0 Å². The molecule has 2 amide bonds. The molecule has 0 aliphatic carbocycles. The third-order valence-electron chi connectivity index (χ3n) is 3.97. The normalized spacial score (nSPS) is 23.8. The number of nitrogens with one attached hydrogen (secondary N) is 1. The van der Waals surface area contributed by atoms with Crippen LogP contribution >= 0.6 is 0 Å². The Morgan fingerprint density at radius 1 is 1.10 bits per heavy atom. The predicted molar refractivity (Wildman–Crippen MR) is 81.2 cm³/mol. The fourth-order valence-electron chi connectivity index (χ4n) is 2.35. The molecular formula is C16H30N2O2. The van der Waals surface area contributed by atoms with Crippen LogP contribution in [0.15, 0.2) is 0 Å². The smallest absolute Gasteiger partial charge is 0.246 e. The molecule has 0 aromatic heterocycles. The maximum absolute atomic E-state index is 12.8. The highest BCUT2D eigenvalue weighted by Crippen LogP contribution is 2.31. The molecule has 1 N–H and O–H groups in total. The summed E-state index contributed by atoms with van der Waals surface area (Å²) in [4.78, 5) is 26.9. The van der Waals surface area contributed by atoms with Crippen molar-refractivity contribution in [3.8, 4) is 0 Å². The molecule has 1 saturated heterocycles. The minimum atomic E-state index is -0.774. The Labute approximate surface area is 123 Å². The van der Waals surface area contributed by atoms with Gasteiger partial charge in [0.15, 0.2) is 0 Å². The highest BCUT2D eigenvalue weighted by molar-refractivity contribution is 5.99. The summed E-state index contributed by atoms with van der Waals surface area (Å²) in [6.45, 7) is 16.7. The van der Waals surface area contributed by atoms with Crippen molar-refractivity contribution in [2.24, 2.45) is 10.8 Å². The second-order valence-electron chi connectivity index (χ2n) is 8.63. The lowest BCUT2D eigenvalue weighted by molar-refractivity contribution is -0.158. The molecule has 1 aliphatic rings. The number of carbonyl (C=O) groups is 2. The van der Waals surface area contributed by atoms with E-state index in [0.29, 0.717) is 6.54 Å². The fraction of sp³-hybridized carbons (Fsp3) is 0.875. The van der Waals surface area contributed by atoms with Gasteiger partial charge < -0.3 is 10.2 Å². The van der Waals surface area contributed by atoms with Crippen molar-refractivity contribution in [3.05, 3.63) is 0 Å². The maximum atomic E-state index is 12.8. The highest BCUT2D eigenvalue weighted by atomic mass is 16.2.